The lowest BCUT2D eigenvalue weighted by Crippen LogP contribution is -2.20. The Kier molecular flexibility index (Phi) is 7.45. The molecule has 3 nitrogen and oxygen atoms in total. The molecule has 0 aliphatic carbocycles. The molecule has 4 N–H and O–H groups in total. The summed E-state index contributed by atoms with van der Waals surface area (Å²) in [5, 5.41) is 18.4. The second-order valence-corrected chi connectivity index (χ2v) is 3.26. The fourth-order valence-electron chi connectivity index (χ4n) is 1.18. The summed E-state index contributed by atoms with van der Waals surface area (Å²) in [5.74, 6) is 0. The van der Waals surface area contributed by atoms with Crippen LogP contribution in [0.1, 0.15) is 39.0 Å². The molecular weight excluding hydrogens is 154 g/mol. The van der Waals surface area contributed by atoms with E-state index in [2.05, 4.69) is 6.92 Å². The average molecular weight is 175 g/mol. The fraction of sp³-hybridized carbons (Fsp3) is 1.00. The Balaban J connectivity index is 3.18. The Morgan fingerprint density at radius 2 is 1.67 bits per heavy atom. The second kappa shape index (κ2) is 7.53. The van der Waals surface area contributed by atoms with Gasteiger partial charge in [0.05, 0.1) is 12.2 Å². The third-order valence-corrected chi connectivity index (χ3v) is 1.97. The van der Waals surface area contributed by atoms with Gasteiger partial charge >= 0.3 is 0 Å². The van der Waals surface area contributed by atoms with E-state index in [-0.39, 0.29) is 12.2 Å². The number of hydrogen-bond donors (Lipinski definition) is 3. The molecule has 0 fully saturated rings. The Hall–Kier alpha value is -0.120. The predicted molar refractivity (Wildman–Crippen MR) is 49.8 cm³/mol. The molecule has 0 aromatic rings. The lowest BCUT2D eigenvalue weighted by Gasteiger charge is -2.10. The zero-order valence-electron chi connectivity index (χ0n) is 7.87. The molecule has 0 aliphatic heterocycles. The molecule has 0 saturated carbocycles. The first-order chi connectivity index (χ1) is 5.70. The van der Waals surface area contributed by atoms with Crippen LogP contribution in [0.4, 0.5) is 0 Å². The monoisotopic (exact) mass is 175 g/mol. The normalized spacial score (nSPS) is 16.0. The largest absolute Gasteiger partial charge is 0.393 e. The van der Waals surface area contributed by atoms with E-state index in [0.717, 1.165) is 25.7 Å². The van der Waals surface area contributed by atoms with Crippen LogP contribution in [0.15, 0.2) is 0 Å². The van der Waals surface area contributed by atoms with Crippen molar-refractivity contribution in [2.24, 2.45) is 5.73 Å². The quantitative estimate of drug-likeness (QED) is 0.532. The molecule has 0 bridgehead atoms. The van der Waals surface area contributed by atoms with Gasteiger partial charge in [0.1, 0.15) is 0 Å². The standard InChI is InChI=1S/C9H21NO2/c1-2-4-8(11)5-3-6-9(12)7-10/h8-9,11-12H,2-7,10H2,1H3. The van der Waals surface area contributed by atoms with Crippen molar-refractivity contribution in [2.75, 3.05) is 6.54 Å². The van der Waals surface area contributed by atoms with Crippen LogP contribution in [-0.4, -0.2) is 29.0 Å². The number of hydrogen-bond acceptors (Lipinski definition) is 3. The minimum Gasteiger partial charge on any atom is -0.393 e. The molecule has 2 atom stereocenters. The molecule has 0 rings (SSSR count). The van der Waals surface area contributed by atoms with E-state index < -0.39 is 0 Å². The summed E-state index contributed by atoms with van der Waals surface area (Å²) < 4.78 is 0. The van der Waals surface area contributed by atoms with Crippen LogP contribution in [0.25, 0.3) is 0 Å². The summed E-state index contributed by atoms with van der Waals surface area (Å²) in [4.78, 5) is 0. The van der Waals surface area contributed by atoms with E-state index in [9.17, 15) is 5.11 Å². The van der Waals surface area contributed by atoms with E-state index >= 15 is 0 Å². The lowest BCUT2D eigenvalue weighted by molar-refractivity contribution is 0.131. The van der Waals surface area contributed by atoms with Gasteiger partial charge in [-0.05, 0) is 25.7 Å². The van der Waals surface area contributed by atoms with Crippen LogP contribution >= 0.6 is 0 Å². The molecule has 0 radical (unpaired) electrons. The van der Waals surface area contributed by atoms with Crippen molar-refractivity contribution >= 4 is 0 Å². The van der Waals surface area contributed by atoms with E-state index in [0.29, 0.717) is 13.0 Å². The molecule has 0 aromatic carbocycles. The van der Waals surface area contributed by atoms with Crippen molar-refractivity contribution in [2.45, 2.75) is 51.2 Å². The van der Waals surface area contributed by atoms with E-state index in [1.165, 1.54) is 0 Å². The van der Waals surface area contributed by atoms with Crippen LogP contribution in [0.3, 0.4) is 0 Å². The van der Waals surface area contributed by atoms with E-state index in [1.54, 1.807) is 0 Å². The van der Waals surface area contributed by atoms with Gasteiger partial charge in [0, 0.05) is 6.54 Å². The van der Waals surface area contributed by atoms with Crippen LogP contribution in [0.2, 0.25) is 0 Å². The first kappa shape index (κ1) is 11.9. The first-order valence-electron chi connectivity index (χ1n) is 4.76. The minimum atomic E-state index is -0.390. The van der Waals surface area contributed by atoms with Crippen molar-refractivity contribution in [3.8, 4) is 0 Å². The number of aliphatic hydroxyl groups is 2. The molecule has 3 heteroatoms. The van der Waals surface area contributed by atoms with Gasteiger partial charge in [-0.15, -0.1) is 0 Å². The maximum Gasteiger partial charge on any atom is 0.0662 e. The van der Waals surface area contributed by atoms with E-state index in [1.807, 2.05) is 0 Å². The van der Waals surface area contributed by atoms with Gasteiger partial charge in [-0.1, -0.05) is 13.3 Å². The number of nitrogens with two attached hydrogens (primary N) is 1. The van der Waals surface area contributed by atoms with Gasteiger partial charge in [0.2, 0.25) is 0 Å². The highest BCUT2D eigenvalue weighted by atomic mass is 16.3. The third-order valence-electron chi connectivity index (χ3n) is 1.97. The maximum absolute atomic E-state index is 9.32. The minimum absolute atomic E-state index is 0.194. The summed E-state index contributed by atoms with van der Waals surface area (Å²) >= 11 is 0. The SMILES string of the molecule is CCCC(O)CCCC(O)CN. The van der Waals surface area contributed by atoms with Gasteiger partial charge in [0.15, 0.2) is 0 Å². The summed E-state index contributed by atoms with van der Waals surface area (Å²) in [5.41, 5.74) is 5.24. The van der Waals surface area contributed by atoms with Crippen molar-refractivity contribution in [1.82, 2.24) is 0 Å². The number of rotatable bonds is 7. The highest BCUT2D eigenvalue weighted by Gasteiger charge is 2.04. The molecule has 0 spiro atoms. The molecule has 12 heavy (non-hydrogen) atoms. The fourth-order valence-corrected chi connectivity index (χ4v) is 1.18. The summed E-state index contributed by atoms with van der Waals surface area (Å²) in [7, 11) is 0. The Morgan fingerprint density at radius 1 is 1.08 bits per heavy atom. The Labute approximate surface area is 74.6 Å². The molecule has 2 unspecified atom stereocenters. The average Bonchev–Trinajstić information content (AvgIpc) is 2.04. The maximum atomic E-state index is 9.32. The third kappa shape index (κ3) is 6.58. The molecule has 74 valence electrons. The van der Waals surface area contributed by atoms with Crippen LogP contribution in [-0.2, 0) is 0 Å². The summed E-state index contributed by atoms with van der Waals surface area (Å²) in [6.07, 6.45) is 3.64. The second-order valence-electron chi connectivity index (χ2n) is 3.26. The van der Waals surface area contributed by atoms with E-state index in [4.69, 9.17) is 10.8 Å². The topological polar surface area (TPSA) is 66.5 Å². The molecule has 0 aliphatic rings. The van der Waals surface area contributed by atoms with Gasteiger partial charge in [-0.3, -0.25) is 0 Å². The van der Waals surface area contributed by atoms with Crippen molar-refractivity contribution in [3.05, 3.63) is 0 Å². The smallest absolute Gasteiger partial charge is 0.0662 e. The number of aliphatic hydroxyl groups excluding tert-OH is 2. The van der Waals surface area contributed by atoms with Gasteiger partial charge in [0.25, 0.3) is 0 Å². The van der Waals surface area contributed by atoms with Crippen LogP contribution in [0, 0.1) is 0 Å². The lowest BCUT2D eigenvalue weighted by atomic mass is 10.1. The molecule has 0 saturated heterocycles. The van der Waals surface area contributed by atoms with Gasteiger partial charge in [-0.2, -0.15) is 0 Å². The van der Waals surface area contributed by atoms with Crippen molar-refractivity contribution < 1.29 is 10.2 Å². The highest BCUT2D eigenvalue weighted by Crippen LogP contribution is 2.07. The summed E-state index contributed by atoms with van der Waals surface area (Å²) in [6.45, 7) is 2.38. The zero-order chi connectivity index (χ0) is 9.40. The first-order valence-corrected chi connectivity index (χ1v) is 4.76. The summed E-state index contributed by atoms with van der Waals surface area (Å²) in [6, 6.07) is 0. The van der Waals surface area contributed by atoms with Gasteiger partial charge < -0.3 is 15.9 Å². The molecular formula is C9H21NO2. The zero-order valence-corrected chi connectivity index (χ0v) is 7.87. The van der Waals surface area contributed by atoms with Crippen molar-refractivity contribution in [3.63, 3.8) is 0 Å². The Bertz CT molecular complexity index is 98.5. The molecule has 0 aromatic heterocycles. The molecule has 0 amide bonds. The van der Waals surface area contributed by atoms with Crippen molar-refractivity contribution in [1.29, 1.82) is 0 Å². The Morgan fingerprint density at radius 3 is 2.17 bits per heavy atom. The van der Waals surface area contributed by atoms with Crippen LogP contribution in [0.5, 0.6) is 0 Å². The predicted octanol–water partition coefficient (Wildman–Crippen LogP) is 0.637. The van der Waals surface area contributed by atoms with Gasteiger partial charge in [-0.25, -0.2) is 0 Å². The highest BCUT2D eigenvalue weighted by molar-refractivity contribution is 4.59. The van der Waals surface area contributed by atoms with Crippen LogP contribution < -0.4 is 5.73 Å². The molecule has 0 heterocycles.